The molecule has 0 radical (unpaired) electrons. The smallest absolute Gasteiger partial charge is 0.136 e. The standard InChI is InChI=1S/C15H30O2/c1-12(2)8-9-17-15(6,7)11-13(16)10-14(3,4)5/h12H,8-11H2,1-7H3. The molecule has 0 amide bonds. The Labute approximate surface area is 107 Å². The van der Waals surface area contributed by atoms with Crippen molar-refractivity contribution in [3.05, 3.63) is 0 Å². The molecule has 0 aliphatic rings. The lowest BCUT2D eigenvalue weighted by molar-refractivity contribution is -0.127. The van der Waals surface area contributed by atoms with Crippen molar-refractivity contribution >= 4 is 5.78 Å². The van der Waals surface area contributed by atoms with Crippen LogP contribution in [0, 0.1) is 11.3 Å². The number of hydrogen-bond donors (Lipinski definition) is 0. The molecule has 0 aromatic heterocycles. The Bertz CT molecular complexity index is 234. The van der Waals surface area contributed by atoms with Crippen molar-refractivity contribution in [3.8, 4) is 0 Å². The molecule has 0 bridgehead atoms. The summed E-state index contributed by atoms with van der Waals surface area (Å²) < 4.78 is 5.80. The minimum absolute atomic E-state index is 0.0745. The van der Waals surface area contributed by atoms with Gasteiger partial charge in [0, 0.05) is 19.4 Å². The monoisotopic (exact) mass is 242 g/mol. The zero-order valence-corrected chi connectivity index (χ0v) is 12.7. The van der Waals surface area contributed by atoms with Gasteiger partial charge in [0.15, 0.2) is 0 Å². The van der Waals surface area contributed by atoms with Crippen LogP contribution >= 0.6 is 0 Å². The van der Waals surface area contributed by atoms with Gasteiger partial charge in [-0.25, -0.2) is 0 Å². The summed E-state index contributed by atoms with van der Waals surface area (Å²) in [6, 6.07) is 0. The summed E-state index contributed by atoms with van der Waals surface area (Å²) in [4.78, 5) is 11.9. The molecular formula is C15H30O2. The number of ether oxygens (including phenoxy) is 1. The number of carbonyl (C=O) groups is 1. The average Bonchev–Trinajstić information content (AvgIpc) is 1.96. The van der Waals surface area contributed by atoms with Gasteiger partial charge in [-0.3, -0.25) is 4.79 Å². The van der Waals surface area contributed by atoms with E-state index in [0.717, 1.165) is 13.0 Å². The van der Waals surface area contributed by atoms with E-state index >= 15 is 0 Å². The molecule has 0 unspecified atom stereocenters. The van der Waals surface area contributed by atoms with Crippen molar-refractivity contribution in [2.24, 2.45) is 11.3 Å². The van der Waals surface area contributed by atoms with E-state index < -0.39 is 0 Å². The van der Waals surface area contributed by atoms with E-state index in [9.17, 15) is 4.79 Å². The Morgan fingerprint density at radius 1 is 1.06 bits per heavy atom. The van der Waals surface area contributed by atoms with Crippen LogP contribution in [0.1, 0.15) is 67.7 Å². The predicted molar refractivity (Wildman–Crippen MR) is 73.2 cm³/mol. The van der Waals surface area contributed by atoms with Gasteiger partial charge < -0.3 is 4.74 Å². The third-order valence-electron chi connectivity index (χ3n) is 2.54. The van der Waals surface area contributed by atoms with Crippen molar-refractivity contribution in [3.63, 3.8) is 0 Å². The lowest BCUT2D eigenvalue weighted by Gasteiger charge is -2.27. The van der Waals surface area contributed by atoms with Crippen molar-refractivity contribution in [1.82, 2.24) is 0 Å². The molecule has 0 aromatic rings. The van der Waals surface area contributed by atoms with Gasteiger partial charge in [-0.1, -0.05) is 34.6 Å². The minimum atomic E-state index is -0.322. The first-order chi connectivity index (χ1) is 7.52. The van der Waals surface area contributed by atoms with Gasteiger partial charge in [-0.15, -0.1) is 0 Å². The highest BCUT2D eigenvalue weighted by Gasteiger charge is 2.25. The van der Waals surface area contributed by atoms with E-state index in [1.165, 1.54) is 0 Å². The lowest BCUT2D eigenvalue weighted by atomic mass is 9.86. The number of carbonyl (C=O) groups excluding carboxylic acids is 1. The molecule has 0 saturated heterocycles. The molecule has 102 valence electrons. The van der Waals surface area contributed by atoms with E-state index in [-0.39, 0.29) is 11.0 Å². The summed E-state index contributed by atoms with van der Waals surface area (Å²) >= 11 is 0. The first-order valence-corrected chi connectivity index (χ1v) is 6.67. The molecule has 0 rings (SSSR count). The van der Waals surface area contributed by atoms with Crippen LogP contribution in [0.3, 0.4) is 0 Å². The van der Waals surface area contributed by atoms with Crippen molar-refractivity contribution in [2.45, 2.75) is 73.3 Å². The van der Waals surface area contributed by atoms with Gasteiger partial charge in [-0.05, 0) is 31.6 Å². The van der Waals surface area contributed by atoms with Gasteiger partial charge in [0.1, 0.15) is 5.78 Å². The number of hydrogen-bond acceptors (Lipinski definition) is 2. The lowest BCUT2D eigenvalue weighted by Crippen LogP contribution is -2.30. The Morgan fingerprint density at radius 2 is 1.59 bits per heavy atom. The largest absolute Gasteiger partial charge is 0.375 e. The van der Waals surface area contributed by atoms with Crippen LogP contribution in [0.25, 0.3) is 0 Å². The Kier molecular flexibility index (Phi) is 6.39. The molecule has 17 heavy (non-hydrogen) atoms. The molecule has 0 aromatic carbocycles. The fourth-order valence-electron chi connectivity index (χ4n) is 1.75. The van der Waals surface area contributed by atoms with E-state index in [1.54, 1.807) is 0 Å². The topological polar surface area (TPSA) is 26.3 Å². The third-order valence-corrected chi connectivity index (χ3v) is 2.54. The molecule has 0 fully saturated rings. The van der Waals surface area contributed by atoms with E-state index in [1.807, 2.05) is 13.8 Å². The van der Waals surface area contributed by atoms with Gasteiger partial charge in [0.2, 0.25) is 0 Å². The van der Waals surface area contributed by atoms with Crippen molar-refractivity contribution in [2.75, 3.05) is 6.61 Å². The first-order valence-electron chi connectivity index (χ1n) is 6.67. The van der Waals surface area contributed by atoms with Crippen LogP contribution in [-0.2, 0) is 9.53 Å². The second-order valence-electron chi connectivity index (χ2n) is 7.24. The highest BCUT2D eigenvalue weighted by molar-refractivity contribution is 5.79. The molecular weight excluding hydrogens is 212 g/mol. The van der Waals surface area contributed by atoms with Crippen LogP contribution in [0.5, 0.6) is 0 Å². The third kappa shape index (κ3) is 10.5. The Balaban J connectivity index is 4.03. The number of ketones is 1. The van der Waals surface area contributed by atoms with Crippen LogP contribution < -0.4 is 0 Å². The van der Waals surface area contributed by atoms with Crippen LogP contribution in [0.4, 0.5) is 0 Å². The average molecular weight is 242 g/mol. The van der Waals surface area contributed by atoms with Gasteiger partial charge in [0.05, 0.1) is 5.60 Å². The summed E-state index contributed by atoms with van der Waals surface area (Å²) in [6.07, 6.45) is 2.20. The molecule has 0 N–H and O–H groups in total. The SMILES string of the molecule is CC(C)CCOC(C)(C)CC(=O)CC(C)(C)C. The number of rotatable bonds is 7. The maximum Gasteiger partial charge on any atom is 0.136 e. The summed E-state index contributed by atoms with van der Waals surface area (Å²) in [5, 5.41) is 0. The fourth-order valence-corrected chi connectivity index (χ4v) is 1.75. The summed E-state index contributed by atoms with van der Waals surface area (Å²) in [6.45, 7) is 15.4. The highest BCUT2D eigenvalue weighted by Crippen LogP contribution is 2.24. The molecule has 0 aliphatic heterocycles. The normalized spacial score (nSPS) is 13.2. The molecule has 2 nitrogen and oxygen atoms in total. The van der Waals surface area contributed by atoms with Crippen LogP contribution in [0.2, 0.25) is 0 Å². The Morgan fingerprint density at radius 3 is 2.00 bits per heavy atom. The molecule has 0 atom stereocenters. The summed E-state index contributed by atoms with van der Waals surface area (Å²) in [5.41, 5.74) is -0.248. The zero-order chi connectivity index (χ0) is 13.7. The van der Waals surface area contributed by atoms with E-state index in [0.29, 0.717) is 24.5 Å². The van der Waals surface area contributed by atoms with E-state index in [4.69, 9.17) is 4.74 Å². The van der Waals surface area contributed by atoms with Gasteiger partial charge >= 0.3 is 0 Å². The second kappa shape index (κ2) is 6.53. The maximum absolute atomic E-state index is 11.9. The quantitative estimate of drug-likeness (QED) is 0.668. The Hall–Kier alpha value is -0.370. The minimum Gasteiger partial charge on any atom is -0.375 e. The van der Waals surface area contributed by atoms with Crippen molar-refractivity contribution in [1.29, 1.82) is 0 Å². The predicted octanol–water partition coefficient (Wildman–Crippen LogP) is 4.22. The molecule has 0 aliphatic carbocycles. The van der Waals surface area contributed by atoms with E-state index in [2.05, 4.69) is 34.6 Å². The second-order valence-corrected chi connectivity index (χ2v) is 7.24. The highest BCUT2D eigenvalue weighted by atomic mass is 16.5. The molecule has 0 saturated carbocycles. The van der Waals surface area contributed by atoms with Crippen molar-refractivity contribution < 1.29 is 9.53 Å². The fraction of sp³-hybridized carbons (Fsp3) is 0.933. The first kappa shape index (κ1) is 16.6. The van der Waals surface area contributed by atoms with Crippen LogP contribution in [0.15, 0.2) is 0 Å². The molecule has 2 heteroatoms. The van der Waals surface area contributed by atoms with Gasteiger partial charge in [-0.2, -0.15) is 0 Å². The molecule has 0 spiro atoms. The zero-order valence-electron chi connectivity index (χ0n) is 12.7. The van der Waals surface area contributed by atoms with Crippen LogP contribution in [-0.4, -0.2) is 18.0 Å². The molecule has 0 heterocycles. The maximum atomic E-state index is 11.9. The summed E-state index contributed by atoms with van der Waals surface area (Å²) in [7, 11) is 0. The van der Waals surface area contributed by atoms with Gasteiger partial charge in [0.25, 0.3) is 0 Å². The number of Topliss-reactive ketones (excluding diaryl/α,β-unsaturated/α-hetero) is 1. The summed E-state index contributed by atoms with van der Waals surface area (Å²) in [5.74, 6) is 0.947.